The number of hydrogen-bond acceptors (Lipinski definition) is 4. The Balaban J connectivity index is 2.19. The van der Waals surface area contributed by atoms with E-state index in [0.29, 0.717) is 15.8 Å². The fourth-order valence-corrected chi connectivity index (χ4v) is 3.21. The summed E-state index contributed by atoms with van der Waals surface area (Å²) in [4.78, 5) is 17.3. The van der Waals surface area contributed by atoms with E-state index in [1.807, 2.05) is 6.07 Å². The first-order valence-corrected chi connectivity index (χ1v) is 7.96. The summed E-state index contributed by atoms with van der Waals surface area (Å²) in [6, 6.07) is 5.39. The van der Waals surface area contributed by atoms with Crippen molar-refractivity contribution in [1.82, 2.24) is 5.32 Å². The molecule has 0 bridgehead atoms. The van der Waals surface area contributed by atoms with Crippen LogP contribution < -0.4 is 5.32 Å². The van der Waals surface area contributed by atoms with Crippen LogP contribution in [0.5, 0.6) is 0 Å². The van der Waals surface area contributed by atoms with Crippen molar-refractivity contribution in [3.63, 3.8) is 0 Å². The highest BCUT2D eigenvalue weighted by Crippen LogP contribution is 2.26. The molecule has 1 heterocycles. The summed E-state index contributed by atoms with van der Waals surface area (Å²) in [7, 11) is 0. The quantitative estimate of drug-likeness (QED) is 0.871. The smallest absolute Gasteiger partial charge is 0.258 e. The summed E-state index contributed by atoms with van der Waals surface area (Å²) >= 11 is 9.15. The highest BCUT2D eigenvalue weighted by Gasteiger charge is 2.16. The van der Waals surface area contributed by atoms with Crippen LogP contribution in [0.4, 0.5) is 0 Å². The number of amidine groups is 1. The molecule has 6 heteroatoms. The first-order valence-electron chi connectivity index (χ1n) is 5.61. The molecule has 0 saturated carbocycles. The average molecular weight is 301 g/mol. The van der Waals surface area contributed by atoms with Gasteiger partial charge in [0, 0.05) is 15.7 Å². The monoisotopic (exact) mass is 300 g/mol. The lowest BCUT2D eigenvalue weighted by Gasteiger charge is -2.09. The number of carbonyl (C=O) groups is 1. The molecule has 0 aromatic heterocycles. The highest BCUT2D eigenvalue weighted by molar-refractivity contribution is 8.14. The van der Waals surface area contributed by atoms with Gasteiger partial charge in [-0.05, 0) is 24.0 Å². The molecule has 18 heavy (non-hydrogen) atoms. The summed E-state index contributed by atoms with van der Waals surface area (Å²) in [5.74, 6) is 1.71. The Morgan fingerprint density at radius 2 is 2.44 bits per heavy atom. The van der Waals surface area contributed by atoms with E-state index in [1.54, 1.807) is 35.7 Å². The van der Waals surface area contributed by atoms with Crippen LogP contribution in [0, 0.1) is 0 Å². The summed E-state index contributed by atoms with van der Waals surface area (Å²) < 4.78 is 0. The van der Waals surface area contributed by atoms with Gasteiger partial charge in [-0.25, -0.2) is 0 Å². The minimum atomic E-state index is -0.137. The van der Waals surface area contributed by atoms with Gasteiger partial charge in [0.25, 0.3) is 5.91 Å². The van der Waals surface area contributed by atoms with E-state index < -0.39 is 0 Å². The molecule has 1 aliphatic rings. The first-order chi connectivity index (χ1) is 8.70. The van der Waals surface area contributed by atoms with E-state index in [0.717, 1.165) is 22.9 Å². The number of nitrogens with one attached hydrogen (secondary N) is 1. The van der Waals surface area contributed by atoms with E-state index in [9.17, 15) is 4.79 Å². The number of nitrogens with zero attached hydrogens (tertiary/aromatic N) is 1. The standard InChI is InChI=1S/C12H13ClN2OS2/c1-2-17-10-4-3-8(13)7-9(10)11(16)15-12-14-5-6-18-12/h3-4,7H,2,5-6H2,1H3,(H,14,15,16). The topological polar surface area (TPSA) is 41.5 Å². The van der Waals surface area contributed by atoms with E-state index in [-0.39, 0.29) is 5.91 Å². The van der Waals surface area contributed by atoms with Crippen LogP contribution in [0.15, 0.2) is 28.1 Å². The van der Waals surface area contributed by atoms with Crippen LogP contribution in [0.2, 0.25) is 5.02 Å². The van der Waals surface area contributed by atoms with Gasteiger partial charge in [0.2, 0.25) is 0 Å². The van der Waals surface area contributed by atoms with E-state index in [2.05, 4.69) is 17.2 Å². The molecule has 1 aromatic rings. The van der Waals surface area contributed by atoms with Crippen molar-refractivity contribution in [3.8, 4) is 0 Å². The van der Waals surface area contributed by atoms with Crippen LogP contribution in [0.1, 0.15) is 17.3 Å². The van der Waals surface area contributed by atoms with E-state index >= 15 is 0 Å². The molecule has 2 rings (SSSR count). The number of carbonyl (C=O) groups excluding carboxylic acids is 1. The maximum atomic E-state index is 12.2. The molecule has 0 spiro atoms. The SMILES string of the molecule is CCSc1ccc(Cl)cc1C(=O)NC1=NCCS1. The third-order valence-electron chi connectivity index (χ3n) is 2.29. The fourth-order valence-electron chi connectivity index (χ4n) is 1.54. The van der Waals surface area contributed by atoms with Gasteiger partial charge in [-0.2, -0.15) is 0 Å². The Kier molecular flexibility index (Phi) is 4.97. The Morgan fingerprint density at radius 1 is 1.61 bits per heavy atom. The third kappa shape index (κ3) is 3.43. The van der Waals surface area contributed by atoms with Crippen molar-refractivity contribution >= 4 is 46.2 Å². The average Bonchev–Trinajstić information content (AvgIpc) is 2.84. The van der Waals surface area contributed by atoms with Crippen LogP contribution in [-0.4, -0.2) is 29.1 Å². The molecule has 1 amide bonds. The number of benzene rings is 1. The minimum Gasteiger partial charge on any atom is -0.301 e. The van der Waals surface area contributed by atoms with Gasteiger partial charge < -0.3 is 5.32 Å². The van der Waals surface area contributed by atoms with Gasteiger partial charge in [-0.15, -0.1) is 11.8 Å². The number of halogens is 1. The van der Waals surface area contributed by atoms with E-state index in [1.165, 1.54) is 0 Å². The van der Waals surface area contributed by atoms with Gasteiger partial charge in [0.05, 0.1) is 12.1 Å². The predicted molar refractivity (Wildman–Crippen MR) is 80.1 cm³/mol. The van der Waals surface area contributed by atoms with Crippen LogP contribution in [-0.2, 0) is 0 Å². The van der Waals surface area contributed by atoms with Gasteiger partial charge in [-0.1, -0.05) is 30.3 Å². The molecule has 1 N–H and O–H groups in total. The zero-order valence-corrected chi connectivity index (χ0v) is 12.3. The Labute approximate surface area is 120 Å². The van der Waals surface area contributed by atoms with Crippen LogP contribution in [0.25, 0.3) is 0 Å². The zero-order valence-electron chi connectivity index (χ0n) is 9.90. The summed E-state index contributed by atoms with van der Waals surface area (Å²) in [5, 5.41) is 4.10. The number of aliphatic imine (C=N–C) groups is 1. The number of rotatable bonds is 3. The molecule has 1 aliphatic heterocycles. The predicted octanol–water partition coefficient (Wildman–Crippen LogP) is 3.28. The van der Waals surface area contributed by atoms with Crippen LogP contribution >= 0.6 is 35.1 Å². The maximum Gasteiger partial charge on any atom is 0.258 e. The van der Waals surface area contributed by atoms with Crippen molar-refractivity contribution in [1.29, 1.82) is 0 Å². The molecular weight excluding hydrogens is 288 g/mol. The number of amides is 1. The second-order valence-corrected chi connectivity index (χ2v) is 6.39. The molecular formula is C12H13ClN2OS2. The molecule has 0 atom stereocenters. The van der Waals surface area contributed by atoms with Crippen LogP contribution in [0.3, 0.4) is 0 Å². The zero-order chi connectivity index (χ0) is 13.0. The summed E-state index contributed by atoms with van der Waals surface area (Å²) in [6.07, 6.45) is 0. The number of hydrogen-bond donors (Lipinski definition) is 1. The molecule has 0 radical (unpaired) electrons. The lowest BCUT2D eigenvalue weighted by atomic mass is 10.2. The Hall–Kier alpha value is -0.650. The van der Waals surface area contributed by atoms with Crippen molar-refractivity contribution in [2.24, 2.45) is 4.99 Å². The Bertz CT molecular complexity index is 491. The van der Waals surface area contributed by atoms with E-state index in [4.69, 9.17) is 11.6 Å². The second kappa shape index (κ2) is 6.50. The molecule has 0 unspecified atom stereocenters. The molecule has 0 saturated heterocycles. The van der Waals surface area contributed by atoms with Crippen molar-refractivity contribution in [2.75, 3.05) is 18.1 Å². The van der Waals surface area contributed by atoms with Gasteiger partial charge in [0.15, 0.2) is 5.17 Å². The first kappa shape index (κ1) is 13.8. The second-order valence-electron chi connectivity index (χ2n) is 3.56. The van der Waals surface area contributed by atoms with Crippen molar-refractivity contribution in [3.05, 3.63) is 28.8 Å². The Morgan fingerprint density at radius 3 is 3.11 bits per heavy atom. The lowest BCUT2D eigenvalue weighted by molar-refractivity contribution is 0.0975. The molecule has 0 fully saturated rings. The molecule has 0 aliphatic carbocycles. The highest BCUT2D eigenvalue weighted by atomic mass is 35.5. The van der Waals surface area contributed by atoms with Gasteiger partial charge in [-0.3, -0.25) is 9.79 Å². The fraction of sp³-hybridized carbons (Fsp3) is 0.333. The number of thioether (sulfide) groups is 2. The van der Waals surface area contributed by atoms with Crippen molar-refractivity contribution < 1.29 is 4.79 Å². The lowest BCUT2D eigenvalue weighted by Crippen LogP contribution is -2.27. The van der Waals surface area contributed by atoms with Gasteiger partial charge >= 0.3 is 0 Å². The molecule has 1 aromatic carbocycles. The van der Waals surface area contributed by atoms with Gasteiger partial charge in [0.1, 0.15) is 0 Å². The molecule has 3 nitrogen and oxygen atoms in total. The maximum absolute atomic E-state index is 12.2. The largest absolute Gasteiger partial charge is 0.301 e. The normalized spacial score (nSPS) is 14.4. The third-order valence-corrected chi connectivity index (χ3v) is 4.37. The molecule has 96 valence electrons. The summed E-state index contributed by atoms with van der Waals surface area (Å²) in [6.45, 7) is 2.82. The minimum absolute atomic E-state index is 0.137. The van der Waals surface area contributed by atoms with Crippen molar-refractivity contribution in [2.45, 2.75) is 11.8 Å². The summed E-state index contributed by atoms with van der Waals surface area (Å²) in [5.41, 5.74) is 0.615.